The molecule has 0 saturated heterocycles. The molecule has 0 aliphatic carbocycles. The molecule has 126 valence electrons. The Morgan fingerprint density at radius 2 is 2.05 bits per heavy atom. The number of carboxylic acids is 1. The van der Waals surface area contributed by atoms with Crippen molar-refractivity contribution in [3.8, 4) is 0 Å². The summed E-state index contributed by atoms with van der Waals surface area (Å²) in [5.74, 6) is -1.07. The van der Waals surface area contributed by atoms with E-state index in [9.17, 15) is 9.90 Å². The van der Waals surface area contributed by atoms with Gasteiger partial charge in [0.2, 0.25) is 0 Å². The molecule has 8 nitrogen and oxygen atoms in total. The molecule has 22 heavy (non-hydrogen) atoms. The monoisotopic (exact) mass is 333 g/mol. The normalized spacial score (nSPS) is 12.7. The molecule has 1 aromatic heterocycles. The van der Waals surface area contributed by atoms with Crippen LogP contribution in [0.4, 0.5) is 0 Å². The van der Waals surface area contributed by atoms with Crippen molar-refractivity contribution in [3.05, 3.63) is 11.9 Å². The number of aliphatic carboxylic acids is 1. The van der Waals surface area contributed by atoms with E-state index in [1.165, 1.54) is 0 Å². The number of carbonyl (C=O) groups is 1. The summed E-state index contributed by atoms with van der Waals surface area (Å²) in [5, 5.41) is 17.3. The van der Waals surface area contributed by atoms with Crippen molar-refractivity contribution in [3.63, 3.8) is 0 Å². The molecule has 0 aliphatic rings. The Labute approximate surface area is 131 Å². The zero-order chi connectivity index (χ0) is 16.4. The highest BCUT2D eigenvalue weighted by Gasteiger charge is 2.26. The van der Waals surface area contributed by atoms with E-state index >= 15 is 0 Å². The summed E-state index contributed by atoms with van der Waals surface area (Å²) < 4.78 is 17.7. The lowest BCUT2D eigenvalue weighted by atomic mass is 10.2. The van der Waals surface area contributed by atoms with E-state index in [2.05, 4.69) is 17.2 Å². The highest BCUT2D eigenvalue weighted by molar-refractivity contribution is 7.41. The lowest BCUT2D eigenvalue weighted by molar-refractivity contribution is -0.145. The van der Waals surface area contributed by atoms with Gasteiger partial charge >= 0.3 is 14.6 Å². The Bertz CT molecular complexity index is 437. The third-order valence-corrected chi connectivity index (χ3v) is 4.04. The molecular weight excluding hydrogens is 309 g/mol. The first kappa shape index (κ1) is 19.0. The predicted molar refractivity (Wildman–Crippen MR) is 81.3 cm³/mol. The van der Waals surface area contributed by atoms with Gasteiger partial charge < -0.3 is 14.2 Å². The van der Waals surface area contributed by atoms with Crippen LogP contribution in [0.15, 0.2) is 6.20 Å². The largest absolute Gasteiger partial charge is 0.479 e. The molecule has 1 unspecified atom stereocenters. The maximum atomic E-state index is 11.3. The minimum atomic E-state index is -1.67. The van der Waals surface area contributed by atoms with E-state index in [-0.39, 0.29) is 6.42 Å². The first-order valence-electron chi connectivity index (χ1n) is 7.45. The second-order valence-corrected chi connectivity index (χ2v) is 5.70. The summed E-state index contributed by atoms with van der Waals surface area (Å²) >= 11 is 0. The lowest BCUT2D eigenvalue weighted by Crippen LogP contribution is -2.25. The number of carboxylic acid groups (broad SMARTS) is 1. The van der Waals surface area contributed by atoms with Crippen LogP contribution >= 0.6 is 8.60 Å². The third-order valence-electron chi connectivity index (χ3n) is 2.68. The Balaban J connectivity index is 2.62. The number of nitrogens with zero attached hydrogens (tertiary/aromatic N) is 3. The minimum Gasteiger partial charge on any atom is -0.479 e. The van der Waals surface area contributed by atoms with E-state index in [1.54, 1.807) is 24.7 Å². The van der Waals surface area contributed by atoms with Gasteiger partial charge in [-0.05, 0) is 20.3 Å². The zero-order valence-electron chi connectivity index (χ0n) is 13.3. The summed E-state index contributed by atoms with van der Waals surface area (Å²) in [6, 6.07) is 0. The van der Waals surface area contributed by atoms with E-state index in [4.69, 9.17) is 13.6 Å². The summed E-state index contributed by atoms with van der Waals surface area (Å²) in [4.78, 5) is 11.3. The van der Waals surface area contributed by atoms with Crippen LogP contribution in [0.5, 0.6) is 0 Å². The standard InChI is InChI=1S/C13H24N3O5P/c1-4-7-8-16-10-11(14-15-16)9-12(13(17)18)21-22(19-5-2)20-6-3/h10,12H,4-9H2,1-3H3,(H,17,18). The second kappa shape index (κ2) is 10.6. The van der Waals surface area contributed by atoms with Gasteiger partial charge in [0, 0.05) is 19.2 Å². The van der Waals surface area contributed by atoms with E-state index in [0.29, 0.717) is 18.9 Å². The fraction of sp³-hybridized carbons (Fsp3) is 0.769. The summed E-state index contributed by atoms with van der Waals surface area (Å²) in [5.41, 5.74) is 0.575. The van der Waals surface area contributed by atoms with Crippen molar-refractivity contribution in [2.24, 2.45) is 0 Å². The fourth-order valence-electron chi connectivity index (χ4n) is 1.63. The predicted octanol–water partition coefficient (Wildman–Crippen LogP) is 2.39. The Morgan fingerprint density at radius 1 is 1.36 bits per heavy atom. The van der Waals surface area contributed by atoms with Crippen LogP contribution in [0.1, 0.15) is 39.3 Å². The van der Waals surface area contributed by atoms with Crippen LogP contribution in [-0.2, 0) is 31.3 Å². The number of aromatic nitrogens is 3. The smallest absolute Gasteiger partial charge is 0.333 e. The summed E-state index contributed by atoms with van der Waals surface area (Å²) in [6.45, 7) is 7.25. The van der Waals surface area contributed by atoms with Gasteiger partial charge in [0.15, 0.2) is 6.10 Å². The summed E-state index contributed by atoms with van der Waals surface area (Å²) in [7, 11) is -1.67. The molecule has 9 heteroatoms. The minimum absolute atomic E-state index is 0.125. The van der Waals surface area contributed by atoms with Gasteiger partial charge in [-0.1, -0.05) is 18.6 Å². The maximum absolute atomic E-state index is 11.3. The molecule has 0 aliphatic heterocycles. The highest BCUT2D eigenvalue weighted by Crippen LogP contribution is 2.41. The quantitative estimate of drug-likeness (QED) is 0.587. The van der Waals surface area contributed by atoms with Crippen LogP contribution in [0.2, 0.25) is 0 Å². The fourth-order valence-corrected chi connectivity index (χ4v) is 2.62. The van der Waals surface area contributed by atoms with Crippen molar-refractivity contribution in [1.82, 2.24) is 15.0 Å². The molecule has 0 saturated carbocycles. The molecule has 0 radical (unpaired) electrons. The molecule has 0 bridgehead atoms. The average Bonchev–Trinajstić information content (AvgIpc) is 2.92. The lowest BCUT2D eigenvalue weighted by Gasteiger charge is -2.19. The van der Waals surface area contributed by atoms with Crippen LogP contribution < -0.4 is 0 Å². The SMILES string of the molecule is CCCCn1cc(CC(OP(OCC)OCC)C(=O)O)nn1. The van der Waals surface area contributed by atoms with Crippen molar-refractivity contribution < 1.29 is 23.5 Å². The van der Waals surface area contributed by atoms with Gasteiger partial charge in [-0.15, -0.1) is 5.10 Å². The van der Waals surface area contributed by atoms with Crippen LogP contribution in [0.3, 0.4) is 0 Å². The molecule has 1 heterocycles. The molecular formula is C13H24N3O5P. The third kappa shape index (κ3) is 6.79. The molecule has 1 atom stereocenters. The van der Waals surface area contributed by atoms with E-state index < -0.39 is 20.7 Å². The van der Waals surface area contributed by atoms with E-state index in [0.717, 1.165) is 19.4 Å². The number of aryl methyl sites for hydroxylation is 1. The molecule has 1 aromatic rings. The Kier molecular flexibility index (Phi) is 9.15. The van der Waals surface area contributed by atoms with Gasteiger partial charge in [-0.25, -0.2) is 4.79 Å². The van der Waals surface area contributed by atoms with Crippen molar-refractivity contribution in [2.75, 3.05) is 13.2 Å². The first-order valence-corrected chi connectivity index (χ1v) is 8.54. The van der Waals surface area contributed by atoms with Gasteiger partial charge in [-0.2, -0.15) is 0 Å². The van der Waals surface area contributed by atoms with Crippen LogP contribution in [0, 0.1) is 0 Å². The molecule has 0 amide bonds. The van der Waals surface area contributed by atoms with Crippen molar-refractivity contribution in [1.29, 1.82) is 0 Å². The molecule has 1 rings (SSSR count). The second-order valence-electron chi connectivity index (χ2n) is 4.52. The Morgan fingerprint density at radius 3 is 2.59 bits per heavy atom. The van der Waals surface area contributed by atoms with Gasteiger partial charge in [-0.3, -0.25) is 9.21 Å². The maximum Gasteiger partial charge on any atom is 0.333 e. The summed E-state index contributed by atoms with van der Waals surface area (Å²) in [6.07, 6.45) is 2.87. The molecule has 0 spiro atoms. The average molecular weight is 333 g/mol. The molecule has 1 N–H and O–H groups in total. The number of hydrogen-bond acceptors (Lipinski definition) is 6. The van der Waals surface area contributed by atoms with Gasteiger partial charge in [0.05, 0.1) is 18.9 Å². The number of unbranched alkanes of at least 4 members (excludes halogenated alkanes) is 1. The topological polar surface area (TPSA) is 95.7 Å². The van der Waals surface area contributed by atoms with Crippen molar-refractivity contribution >= 4 is 14.6 Å². The van der Waals surface area contributed by atoms with Crippen LogP contribution in [-0.4, -0.2) is 45.4 Å². The van der Waals surface area contributed by atoms with Gasteiger partial charge in [0.1, 0.15) is 0 Å². The van der Waals surface area contributed by atoms with Crippen molar-refractivity contribution in [2.45, 2.75) is 52.7 Å². The number of hydrogen-bond donors (Lipinski definition) is 1. The molecule has 0 aromatic carbocycles. The van der Waals surface area contributed by atoms with Crippen LogP contribution in [0.25, 0.3) is 0 Å². The van der Waals surface area contributed by atoms with Gasteiger partial charge in [0.25, 0.3) is 0 Å². The van der Waals surface area contributed by atoms with E-state index in [1.807, 2.05) is 0 Å². The highest BCUT2D eigenvalue weighted by atomic mass is 31.2. The number of rotatable bonds is 12. The Hall–Kier alpha value is -1.08. The zero-order valence-corrected chi connectivity index (χ0v) is 14.2. The molecule has 0 fully saturated rings. The first-order chi connectivity index (χ1) is 10.6.